The normalized spacial score (nSPS) is 24.2. The van der Waals surface area contributed by atoms with E-state index in [1.807, 2.05) is 0 Å². The smallest absolute Gasteiger partial charge is 0.417 e. The lowest BCUT2D eigenvalue weighted by Crippen LogP contribution is -2.47. The largest absolute Gasteiger partial charge is 0.493 e. The maximum absolute atomic E-state index is 14.4. The van der Waals surface area contributed by atoms with Crippen molar-refractivity contribution in [3.63, 3.8) is 0 Å². The molecule has 0 unspecified atom stereocenters. The molecule has 3 N–H and O–H groups in total. The monoisotopic (exact) mass is 501 g/mol. The number of nitrogens with two attached hydrogens (primary N) is 1. The highest BCUT2D eigenvalue weighted by molar-refractivity contribution is 6.41. The number of benzene rings is 1. The Bertz CT molecular complexity index is 1190. The molecule has 0 bridgehead atoms. The molecule has 2 amide bonds. The van der Waals surface area contributed by atoms with E-state index in [1.165, 1.54) is 13.0 Å². The van der Waals surface area contributed by atoms with Gasteiger partial charge in [-0.2, -0.15) is 17.6 Å². The number of carbonyl (C=O) groups is 3. The summed E-state index contributed by atoms with van der Waals surface area (Å²) >= 11 is 0. The number of rotatable bonds is 6. The van der Waals surface area contributed by atoms with E-state index in [4.69, 9.17) is 15.2 Å². The fraction of sp³-hybridized carbons (Fsp3) is 0.364. The highest BCUT2D eigenvalue weighted by atomic mass is 19.4. The van der Waals surface area contributed by atoms with Crippen LogP contribution in [0.1, 0.15) is 35.8 Å². The van der Waals surface area contributed by atoms with Crippen molar-refractivity contribution in [1.29, 1.82) is 0 Å². The Kier molecular flexibility index (Phi) is 6.84. The van der Waals surface area contributed by atoms with E-state index >= 15 is 0 Å². The Morgan fingerprint density at radius 3 is 2.43 bits per heavy atom. The molecule has 1 fully saturated rings. The Labute approximate surface area is 195 Å². The van der Waals surface area contributed by atoms with Gasteiger partial charge in [0.2, 0.25) is 5.82 Å². The summed E-state index contributed by atoms with van der Waals surface area (Å²) in [7, 11) is 1.01. The summed E-state index contributed by atoms with van der Waals surface area (Å²) in [4.78, 5) is 39.6. The number of pyridine rings is 1. The van der Waals surface area contributed by atoms with E-state index in [2.05, 4.69) is 10.3 Å². The lowest BCUT2D eigenvalue weighted by atomic mass is 9.77. The van der Waals surface area contributed by atoms with Gasteiger partial charge in [0, 0.05) is 29.3 Å². The zero-order valence-corrected chi connectivity index (χ0v) is 18.6. The van der Waals surface area contributed by atoms with Gasteiger partial charge in [-0.25, -0.2) is 4.39 Å². The molecule has 4 atom stereocenters. The van der Waals surface area contributed by atoms with Crippen LogP contribution in [-0.4, -0.2) is 47.6 Å². The zero-order chi connectivity index (χ0) is 26.3. The summed E-state index contributed by atoms with van der Waals surface area (Å²) in [5, 5.41) is 2.31. The minimum atomic E-state index is -4.93. The number of halogens is 5. The van der Waals surface area contributed by atoms with Crippen LogP contribution in [0.3, 0.4) is 0 Å². The van der Waals surface area contributed by atoms with Crippen molar-refractivity contribution in [3.05, 3.63) is 53.4 Å². The molecule has 2 heterocycles. The number of methoxy groups -OCH3 is 1. The molecule has 35 heavy (non-hydrogen) atoms. The van der Waals surface area contributed by atoms with E-state index in [-0.39, 0.29) is 11.3 Å². The molecule has 0 radical (unpaired) electrons. The second-order valence-electron chi connectivity index (χ2n) is 8.05. The number of nitrogens with one attached hydrogen (secondary N) is 1. The van der Waals surface area contributed by atoms with Crippen molar-refractivity contribution in [2.24, 2.45) is 11.7 Å². The van der Waals surface area contributed by atoms with Gasteiger partial charge in [0.05, 0.1) is 7.11 Å². The average molecular weight is 501 g/mol. The van der Waals surface area contributed by atoms with Crippen molar-refractivity contribution in [3.8, 4) is 5.75 Å². The molecule has 1 aliphatic rings. The number of ether oxygens (including phenoxy) is 2. The van der Waals surface area contributed by atoms with Crippen LogP contribution >= 0.6 is 0 Å². The number of amides is 2. The number of nitrogens with zero attached hydrogens (tertiary/aromatic N) is 1. The van der Waals surface area contributed by atoms with Crippen molar-refractivity contribution in [2.75, 3.05) is 12.4 Å². The Morgan fingerprint density at radius 2 is 1.86 bits per heavy atom. The summed E-state index contributed by atoms with van der Waals surface area (Å²) < 4.78 is 80.2. The van der Waals surface area contributed by atoms with Crippen molar-refractivity contribution in [2.45, 2.75) is 37.6 Å². The van der Waals surface area contributed by atoms with E-state index in [1.54, 1.807) is 0 Å². The van der Waals surface area contributed by atoms with Crippen molar-refractivity contribution in [1.82, 2.24) is 4.98 Å². The highest BCUT2D eigenvalue weighted by Gasteiger charge is 2.65. The van der Waals surface area contributed by atoms with Gasteiger partial charge in [0.1, 0.15) is 11.8 Å². The highest BCUT2D eigenvalue weighted by Crippen LogP contribution is 2.55. The molecule has 3 rings (SSSR count). The topological polar surface area (TPSA) is 121 Å². The summed E-state index contributed by atoms with van der Waals surface area (Å²) in [6, 6.07) is 3.95. The summed E-state index contributed by atoms with van der Waals surface area (Å²) in [6.07, 6.45) is -5.69. The molecule has 8 nitrogen and oxygen atoms in total. The number of hydrogen-bond donors (Lipinski definition) is 2. The SMILES string of the molecule is COc1c([C@H]2[C@H](C(=O)Nc3ccnc(C(=O)C(N)=O)c3)O[C@@](C)(C(F)(F)F)[C@H]2C)ccc(F)c1F. The Balaban J connectivity index is 2.06. The fourth-order valence-electron chi connectivity index (χ4n) is 4.01. The van der Waals surface area contributed by atoms with E-state index in [9.17, 15) is 36.3 Å². The van der Waals surface area contributed by atoms with Gasteiger partial charge in [-0.3, -0.25) is 19.4 Å². The molecular weight excluding hydrogens is 481 g/mol. The molecule has 1 aromatic carbocycles. The molecular formula is C22H20F5N3O5. The first-order valence-corrected chi connectivity index (χ1v) is 10.1. The van der Waals surface area contributed by atoms with Crippen LogP contribution in [0.2, 0.25) is 0 Å². The van der Waals surface area contributed by atoms with E-state index < -0.39 is 70.4 Å². The van der Waals surface area contributed by atoms with E-state index in [0.29, 0.717) is 6.07 Å². The molecule has 188 valence electrons. The quantitative estimate of drug-likeness (QED) is 0.357. The third kappa shape index (κ3) is 4.55. The van der Waals surface area contributed by atoms with Gasteiger partial charge in [-0.1, -0.05) is 13.0 Å². The summed E-state index contributed by atoms with van der Waals surface area (Å²) in [5.74, 6) is -9.78. The maximum atomic E-state index is 14.4. The molecule has 1 aromatic heterocycles. The van der Waals surface area contributed by atoms with Crippen LogP contribution in [0.15, 0.2) is 30.5 Å². The Hall–Kier alpha value is -3.61. The molecule has 0 saturated carbocycles. The van der Waals surface area contributed by atoms with Crippen molar-refractivity contribution >= 4 is 23.3 Å². The van der Waals surface area contributed by atoms with Gasteiger partial charge >= 0.3 is 6.18 Å². The summed E-state index contributed by atoms with van der Waals surface area (Å²) in [6.45, 7) is 1.92. The van der Waals surface area contributed by atoms with Gasteiger partial charge in [0.25, 0.3) is 17.6 Å². The number of anilines is 1. The molecule has 0 spiro atoms. The minimum Gasteiger partial charge on any atom is -0.493 e. The number of carbonyl (C=O) groups excluding carboxylic acids is 3. The number of Topliss-reactive ketones (excluding diaryl/α,β-unsaturated/α-hetero) is 1. The van der Waals surface area contributed by atoms with Crippen molar-refractivity contribution < 1.29 is 45.8 Å². The molecule has 1 aliphatic heterocycles. The van der Waals surface area contributed by atoms with Crippen LogP contribution in [0.25, 0.3) is 0 Å². The summed E-state index contributed by atoms with van der Waals surface area (Å²) in [5.41, 5.74) is 1.39. The third-order valence-electron chi connectivity index (χ3n) is 6.05. The van der Waals surface area contributed by atoms with Crippen LogP contribution in [0.4, 0.5) is 27.6 Å². The number of primary amides is 1. The third-order valence-corrected chi connectivity index (χ3v) is 6.05. The van der Waals surface area contributed by atoms with Gasteiger partial charge in [0.15, 0.2) is 17.2 Å². The number of hydrogen-bond acceptors (Lipinski definition) is 6. The first-order chi connectivity index (χ1) is 16.2. The molecule has 0 aliphatic carbocycles. The second kappa shape index (κ2) is 9.21. The molecule has 2 aromatic rings. The first kappa shape index (κ1) is 26.0. The Morgan fingerprint density at radius 1 is 1.20 bits per heavy atom. The van der Waals surface area contributed by atoms with Gasteiger partial charge < -0.3 is 20.5 Å². The lowest BCUT2D eigenvalue weighted by molar-refractivity contribution is -0.272. The predicted molar refractivity (Wildman–Crippen MR) is 111 cm³/mol. The standard InChI is InChI=1S/C22H20F5N3O5/c1-9-14(11-4-5-12(23)15(24)17(11)34-3)18(35-21(9,2)22(25,26)27)20(33)30-10-6-7-29-13(8-10)16(31)19(28)32/h4-9,14,18H,1-3H3,(H2,28,32)(H,29,30,33)/t9-,14-,18+,21+/m0/s1. The minimum absolute atomic E-state index is 0.0949. The molecule has 13 heteroatoms. The lowest BCUT2D eigenvalue weighted by Gasteiger charge is -2.32. The van der Waals surface area contributed by atoms with Crippen LogP contribution in [0.5, 0.6) is 5.75 Å². The van der Waals surface area contributed by atoms with Crippen LogP contribution in [-0.2, 0) is 14.3 Å². The zero-order valence-electron chi connectivity index (χ0n) is 18.6. The average Bonchev–Trinajstić information content (AvgIpc) is 3.07. The second-order valence-corrected chi connectivity index (χ2v) is 8.05. The first-order valence-electron chi connectivity index (χ1n) is 10.1. The van der Waals surface area contributed by atoms with Crippen LogP contribution < -0.4 is 15.8 Å². The number of ketones is 1. The number of alkyl halides is 3. The maximum Gasteiger partial charge on any atom is 0.417 e. The van der Waals surface area contributed by atoms with Crippen LogP contribution in [0, 0.1) is 17.6 Å². The van der Waals surface area contributed by atoms with Gasteiger partial charge in [-0.05, 0) is 25.1 Å². The predicted octanol–water partition coefficient (Wildman–Crippen LogP) is 3.11. The number of aromatic nitrogens is 1. The van der Waals surface area contributed by atoms with E-state index in [0.717, 1.165) is 32.4 Å². The molecule has 1 saturated heterocycles. The fourth-order valence-corrected chi connectivity index (χ4v) is 4.01. The van der Waals surface area contributed by atoms with Gasteiger partial charge in [-0.15, -0.1) is 0 Å².